The van der Waals surface area contributed by atoms with Crippen LogP contribution < -0.4 is 4.90 Å². The zero-order valence-corrected chi connectivity index (χ0v) is 28.7. The molecule has 2 atom stereocenters. The van der Waals surface area contributed by atoms with Crippen LogP contribution in [0.1, 0.15) is 68.8 Å². The number of imidazole rings is 1. The van der Waals surface area contributed by atoms with Crippen LogP contribution in [0.4, 0.5) is 10.5 Å². The molecule has 2 fully saturated rings. The van der Waals surface area contributed by atoms with Gasteiger partial charge in [0, 0.05) is 68.8 Å². The molecule has 2 saturated heterocycles. The van der Waals surface area contributed by atoms with Crippen LogP contribution in [0.3, 0.4) is 0 Å². The summed E-state index contributed by atoms with van der Waals surface area (Å²) in [5.41, 5.74) is 5.12. The van der Waals surface area contributed by atoms with E-state index in [1.807, 2.05) is 50.5 Å². The number of pyridine rings is 1. The van der Waals surface area contributed by atoms with Gasteiger partial charge in [0.1, 0.15) is 11.6 Å². The number of hydrogen-bond acceptors (Lipinski definition) is 6. The van der Waals surface area contributed by atoms with Crippen LogP contribution >= 0.6 is 27.5 Å². The zero-order chi connectivity index (χ0) is 31.7. The van der Waals surface area contributed by atoms with E-state index >= 15 is 0 Å². The average molecular weight is 698 g/mol. The van der Waals surface area contributed by atoms with Crippen LogP contribution in [-0.2, 0) is 35.3 Å². The fraction of sp³-hybridized carbons (Fsp3) is 0.529. The van der Waals surface area contributed by atoms with Gasteiger partial charge in [0.15, 0.2) is 0 Å². The summed E-state index contributed by atoms with van der Waals surface area (Å²) in [4.78, 5) is 43.2. The van der Waals surface area contributed by atoms with E-state index in [9.17, 15) is 9.59 Å². The number of amides is 2. The van der Waals surface area contributed by atoms with Crippen LogP contribution in [0, 0.1) is 0 Å². The van der Waals surface area contributed by atoms with Gasteiger partial charge in [0.25, 0.3) is 0 Å². The first kappa shape index (κ1) is 31.9. The fourth-order valence-corrected chi connectivity index (χ4v) is 7.77. The number of nitrogens with zero attached hydrogens (tertiary/aromatic N) is 6. The number of rotatable bonds is 5. The van der Waals surface area contributed by atoms with Crippen LogP contribution in [0.2, 0.25) is 5.02 Å². The first-order valence-electron chi connectivity index (χ1n) is 16.0. The first-order valence-corrected chi connectivity index (χ1v) is 17.2. The summed E-state index contributed by atoms with van der Waals surface area (Å²) in [6, 6.07) is 5.55. The van der Waals surface area contributed by atoms with Gasteiger partial charge in [0.2, 0.25) is 5.91 Å². The van der Waals surface area contributed by atoms with Gasteiger partial charge < -0.3 is 19.1 Å². The number of piperidine rings is 1. The molecule has 4 heterocycles. The second-order valence-electron chi connectivity index (χ2n) is 13.4. The Hall–Kier alpha value is -3.11. The molecular formula is C34H42BrClN6O3. The number of carbonyl (C=O) groups excluding carboxylic acids is 2. The zero-order valence-electron chi connectivity index (χ0n) is 26.3. The quantitative estimate of drug-likeness (QED) is 0.312. The van der Waals surface area contributed by atoms with Crippen molar-refractivity contribution >= 4 is 45.2 Å². The summed E-state index contributed by atoms with van der Waals surface area (Å²) in [6.07, 6.45) is 13.3. The molecule has 2 amide bonds. The van der Waals surface area contributed by atoms with Gasteiger partial charge in [-0.15, -0.1) is 0 Å². The standard InChI is InChI=1S/C34H42BrClN6O3/c1-34(2,3)45-33(44)42-17-16-40(21-30(42)32(43)41-13-5-4-6-26(41)11-14-39-15-12-37-22-39)31-27-10-8-23-18-25(36)9-7-24(23)19-29(27)38-20-28(31)35/h7,9,12,15,18,20,22,26,30H,4-6,8,10-11,13-14,16-17,19,21H2,1-3H3/t26-,30+/m0/s1. The number of ether oxygens (including phenoxy) is 1. The summed E-state index contributed by atoms with van der Waals surface area (Å²) in [6.45, 7) is 8.44. The van der Waals surface area contributed by atoms with Crippen LogP contribution in [-0.4, -0.2) is 80.2 Å². The monoisotopic (exact) mass is 696 g/mol. The lowest BCUT2D eigenvalue weighted by Gasteiger charge is -2.46. The molecular weight excluding hydrogens is 656 g/mol. The Morgan fingerprint density at radius 1 is 1.09 bits per heavy atom. The van der Waals surface area contributed by atoms with E-state index < -0.39 is 17.7 Å². The second-order valence-corrected chi connectivity index (χ2v) is 14.7. The Kier molecular flexibility index (Phi) is 9.43. The Morgan fingerprint density at radius 2 is 1.93 bits per heavy atom. The molecule has 0 spiro atoms. The maximum Gasteiger partial charge on any atom is 0.411 e. The van der Waals surface area contributed by atoms with Gasteiger partial charge in [-0.1, -0.05) is 17.7 Å². The number of aryl methyl sites for hydroxylation is 2. The molecule has 0 N–H and O–H groups in total. The SMILES string of the molecule is CC(C)(C)OC(=O)N1CCN(c2c(Br)cnc3c2CCc2cc(Cl)ccc2C3)C[C@@H]1C(=O)N1CCCC[C@H]1CCn1ccnc1. The van der Waals surface area contributed by atoms with E-state index in [0.717, 1.165) is 72.4 Å². The van der Waals surface area contributed by atoms with E-state index in [-0.39, 0.29) is 11.9 Å². The molecule has 0 bridgehead atoms. The summed E-state index contributed by atoms with van der Waals surface area (Å²) >= 11 is 10.2. The van der Waals surface area contributed by atoms with E-state index in [1.54, 1.807) is 11.1 Å². The highest BCUT2D eigenvalue weighted by Crippen LogP contribution is 2.38. The molecule has 3 aromatic rings. The van der Waals surface area contributed by atoms with E-state index in [1.165, 1.54) is 16.7 Å². The van der Waals surface area contributed by atoms with Gasteiger partial charge in [-0.25, -0.2) is 9.78 Å². The van der Waals surface area contributed by atoms with Crippen molar-refractivity contribution in [2.75, 3.05) is 31.1 Å². The number of fused-ring (bicyclic) bond motifs is 2. The lowest BCUT2D eigenvalue weighted by molar-refractivity contribution is -0.141. The molecule has 6 rings (SSSR count). The van der Waals surface area contributed by atoms with E-state index in [0.29, 0.717) is 26.2 Å². The molecule has 45 heavy (non-hydrogen) atoms. The van der Waals surface area contributed by atoms with Crippen LogP contribution in [0.25, 0.3) is 0 Å². The number of benzene rings is 1. The highest BCUT2D eigenvalue weighted by Gasteiger charge is 2.42. The molecule has 1 aliphatic carbocycles. The number of aromatic nitrogens is 3. The molecule has 2 aliphatic heterocycles. The predicted octanol–water partition coefficient (Wildman–Crippen LogP) is 6.28. The molecule has 240 valence electrons. The third kappa shape index (κ3) is 7.17. The molecule has 9 nitrogen and oxygen atoms in total. The average Bonchev–Trinajstić information content (AvgIpc) is 3.46. The lowest BCUT2D eigenvalue weighted by Crippen LogP contribution is -2.63. The number of piperazine rings is 1. The number of hydrogen-bond donors (Lipinski definition) is 0. The van der Waals surface area contributed by atoms with E-state index in [2.05, 4.69) is 42.5 Å². The van der Waals surface area contributed by atoms with Gasteiger partial charge >= 0.3 is 6.09 Å². The van der Waals surface area contributed by atoms with Crippen molar-refractivity contribution in [3.8, 4) is 0 Å². The Morgan fingerprint density at radius 3 is 2.71 bits per heavy atom. The number of halogens is 2. The third-order valence-electron chi connectivity index (χ3n) is 9.16. The van der Waals surface area contributed by atoms with Crippen molar-refractivity contribution in [3.63, 3.8) is 0 Å². The minimum absolute atomic E-state index is 0.000735. The molecule has 0 unspecified atom stereocenters. The van der Waals surface area contributed by atoms with Gasteiger partial charge in [0.05, 0.1) is 22.2 Å². The number of likely N-dealkylation sites (tertiary alicyclic amines) is 1. The van der Waals surface area contributed by atoms with Gasteiger partial charge in [-0.3, -0.25) is 14.7 Å². The van der Waals surface area contributed by atoms with Crippen LogP contribution in [0.5, 0.6) is 0 Å². The summed E-state index contributed by atoms with van der Waals surface area (Å²) in [5.74, 6) is -0.000735. The van der Waals surface area contributed by atoms with Gasteiger partial charge in [-0.2, -0.15) is 0 Å². The summed E-state index contributed by atoms with van der Waals surface area (Å²) in [7, 11) is 0. The predicted molar refractivity (Wildman–Crippen MR) is 179 cm³/mol. The highest BCUT2D eigenvalue weighted by molar-refractivity contribution is 9.10. The second kappa shape index (κ2) is 13.3. The number of anilines is 1. The smallest absolute Gasteiger partial charge is 0.411 e. The maximum atomic E-state index is 14.6. The molecule has 2 aromatic heterocycles. The number of carbonyl (C=O) groups is 2. The first-order chi connectivity index (χ1) is 21.6. The largest absolute Gasteiger partial charge is 0.444 e. The Balaban J connectivity index is 1.29. The van der Waals surface area contributed by atoms with Crippen molar-refractivity contribution in [1.82, 2.24) is 24.3 Å². The topological polar surface area (TPSA) is 83.8 Å². The Labute approximate surface area is 279 Å². The third-order valence-corrected chi connectivity index (χ3v) is 9.98. The minimum Gasteiger partial charge on any atom is -0.444 e. The molecule has 3 aliphatic rings. The van der Waals surface area contributed by atoms with Crippen molar-refractivity contribution < 1.29 is 14.3 Å². The van der Waals surface area contributed by atoms with Gasteiger partial charge in [-0.05, 0) is 104 Å². The van der Waals surface area contributed by atoms with Crippen molar-refractivity contribution in [1.29, 1.82) is 0 Å². The lowest BCUT2D eigenvalue weighted by atomic mass is 9.97. The summed E-state index contributed by atoms with van der Waals surface area (Å²) in [5, 5.41) is 0.745. The molecule has 0 saturated carbocycles. The Bertz CT molecular complexity index is 1540. The minimum atomic E-state index is -0.667. The van der Waals surface area contributed by atoms with Crippen molar-refractivity contribution in [2.24, 2.45) is 0 Å². The van der Waals surface area contributed by atoms with E-state index in [4.69, 9.17) is 21.3 Å². The van der Waals surface area contributed by atoms with Crippen molar-refractivity contribution in [3.05, 3.63) is 75.0 Å². The molecule has 11 heteroatoms. The summed E-state index contributed by atoms with van der Waals surface area (Å²) < 4.78 is 8.81. The van der Waals surface area contributed by atoms with Crippen LogP contribution in [0.15, 0.2) is 47.6 Å². The van der Waals surface area contributed by atoms with Crippen molar-refractivity contribution in [2.45, 2.75) is 89.9 Å². The molecule has 1 aromatic carbocycles. The maximum absolute atomic E-state index is 14.6. The molecule has 0 radical (unpaired) electrons. The fourth-order valence-electron chi connectivity index (χ4n) is 6.99. The normalized spacial score (nSPS) is 20.3. The highest BCUT2D eigenvalue weighted by atomic mass is 79.9.